The molecule has 0 bridgehead atoms. The van der Waals surface area contributed by atoms with Crippen LogP contribution in [0.1, 0.15) is 38.8 Å². The van der Waals surface area contributed by atoms with Crippen molar-refractivity contribution in [2.24, 2.45) is 5.92 Å². The molecule has 0 spiro atoms. The minimum absolute atomic E-state index is 0.738. The highest BCUT2D eigenvalue weighted by atomic mass is 15.4. The van der Waals surface area contributed by atoms with E-state index in [0.717, 1.165) is 29.5 Å². The van der Waals surface area contributed by atoms with E-state index in [2.05, 4.69) is 73.7 Å². The first-order valence-corrected chi connectivity index (χ1v) is 8.92. The van der Waals surface area contributed by atoms with Crippen molar-refractivity contribution >= 4 is 17.1 Å². The van der Waals surface area contributed by atoms with Crippen molar-refractivity contribution in [1.82, 2.24) is 4.98 Å². The van der Waals surface area contributed by atoms with E-state index in [0.29, 0.717) is 0 Å². The van der Waals surface area contributed by atoms with Gasteiger partial charge >= 0.3 is 0 Å². The molecule has 1 aliphatic rings. The molecule has 3 heteroatoms. The Morgan fingerprint density at radius 2 is 1.83 bits per heavy atom. The number of rotatable bonds is 6. The van der Waals surface area contributed by atoms with E-state index in [1.54, 1.807) is 0 Å². The van der Waals surface area contributed by atoms with Gasteiger partial charge < -0.3 is 4.90 Å². The minimum atomic E-state index is 0.738. The van der Waals surface area contributed by atoms with Gasteiger partial charge in [0.05, 0.1) is 23.3 Å². The number of hydrogen-bond acceptors (Lipinski definition) is 3. The molecule has 0 fully saturated rings. The summed E-state index contributed by atoms with van der Waals surface area (Å²) >= 11 is 0. The van der Waals surface area contributed by atoms with Crippen molar-refractivity contribution in [2.75, 3.05) is 16.8 Å². The van der Waals surface area contributed by atoms with Gasteiger partial charge in [0.15, 0.2) is 0 Å². The molecule has 126 valence electrons. The Bertz CT molecular complexity index is 705. The Labute approximate surface area is 145 Å². The van der Waals surface area contributed by atoms with Crippen LogP contribution in [0.25, 0.3) is 0 Å². The van der Waals surface area contributed by atoms with Crippen LogP contribution in [0, 0.1) is 5.92 Å². The zero-order valence-electron chi connectivity index (χ0n) is 15.0. The Kier molecular flexibility index (Phi) is 4.89. The van der Waals surface area contributed by atoms with Gasteiger partial charge in [0, 0.05) is 12.7 Å². The number of fused-ring (bicyclic) bond motifs is 1. The fraction of sp³-hybridized carbons (Fsp3) is 0.381. The zero-order chi connectivity index (χ0) is 17.1. The molecule has 0 N–H and O–H groups in total. The summed E-state index contributed by atoms with van der Waals surface area (Å²) in [6, 6.07) is 12.7. The van der Waals surface area contributed by atoms with Crippen molar-refractivity contribution in [2.45, 2.75) is 39.5 Å². The molecule has 1 aromatic heterocycles. The average Bonchev–Trinajstić information content (AvgIpc) is 2.87. The first-order chi connectivity index (χ1) is 11.7. The maximum Gasteiger partial charge on any atom is 0.110 e. The molecular formula is C21H27N3. The number of pyridine rings is 1. The van der Waals surface area contributed by atoms with Crippen molar-refractivity contribution in [3.8, 4) is 0 Å². The van der Waals surface area contributed by atoms with Crippen molar-refractivity contribution in [1.29, 1.82) is 0 Å². The lowest BCUT2D eigenvalue weighted by atomic mass is 9.95. The third-order valence-electron chi connectivity index (χ3n) is 4.97. The van der Waals surface area contributed by atoms with Gasteiger partial charge in [0.2, 0.25) is 0 Å². The first kappa shape index (κ1) is 16.6. The minimum Gasteiger partial charge on any atom is -0.329 e. The van der Waals surface area contributed by atoms with E-state index >= 15 is 0 Å². The molecule has 0 aliphatic carbocycles. The second kappa shape index (κ2) is 7.08. The van der Waals surface area contributed by atoms with Crippen LogP contribution in [0.2, 0.25) is 0 Å². The summed E-state index contributed by atoms with van der Waals surface area (Å²) in [5, 5.41) is 0. The zero-order valence-corrected chi connectivity index (χ0v) is 15.0. The molecule has 2 heterocycles. The number of para-hydroxylation sites is 2. The molecule has 24 heavy (non-hydrogen) atoms. The van der Waals surface area contributed by atoms with Gasteiger partial charge in [-0.1, -0.05) is 51.8 Å². The van der Waals surface area contributed by atoms with Crippen LogP contribution in [-0.2, 0) is 6.42 Å². The molecule has 0 saturated heterocycles. The van der Waals surface area contributed by atoms with Crippen LogP contribution in [0.5, 0.6) is 0 Å². The molecule has 1 aromatic carbocycles. The SMILES string of the molecule is C=C1N(C)c2ccccc2N1c1ccc(CC(CC)CCC)nc1. The number of benzene rings is 1. The summed E-state index contributed by atoms with van der Waals surface area (Å²) in [6.45, 7) is 8.77. The molecule has 0 amide bonds. The molecule has 0 radical (unpaired) electrons. The summed E-state index contributed by atoms with van der Waals surface area (Å²) in [6.07, 6.45) is 6.80. The lowest BCUT2D eigenvalue weighted by Gasteiger charge is -2.22. The predicted octanol–water partition coefficient (Wildman–Crippen LogP) is 5.51. The standard InChI is InChI=1S/C21H27N3/c1-5-9-17(6-2)14-18-12-13-19(15-22-18)24-16(3)23(4)20-10-7-8-11-21(20)24/h7-8,10-13,15,17H,3,5-6,9,14H2,1-2,4H3. The second-order valence-corrected chi connectivity index (χ2v) is 6.57. The van der Waals surface area contributed by atoms with Crippen LogP contribution >= 0.6 is 0 Å². The van der Waals surface area contributed by atoms with E-state index < -0.39 is 0 Å². The monoisotopic (exact) mass is 321 g/mol. The summed E-state index contributed by atoms with van der Waals surface area (Å²) in [5.41, 5.74) is 4.60. The average molecular weight is 321 g/mol. The molecule has 0 saturated carbocycles. The van der Waals surface area contributed by atoms with E-state index in [1.165, 1.54) is 30.6 Å². The third-order valence-corrected chi connectivity index (χ3v) is 4.97. The van der Waals surface area contributed by atoms with Crippen LogP contribution < -0.4 is 9.80 Å². The van der Waals surface area contributed by atoms with Gasteiger partial charge in [-0.15, -0.1) is 0 Å². The van der Waals surface area contributed by atoms with Gasteiger partial charge in [-0.25, -0.2) is 0 Å². The summed E-state index contributed by atoms with van der Waals surface area (Å²) in [7, 11) is 2.06. The fourth-order valence-corrected chi connectivity index (χ4v) is 3.48. The summed E-state index contributed by atoms with van der Waals surface area (Å²) in [5.74, 6) is 1.70. The number of hydrogen-bond donors (Lipinski definition) is 0. The highest BCUT2D eigenvalue weighted by Crippen LogP contribution is 2.44. The number of nitrogens with zero attached hydrogens (tertiary/aromatic N) is 3. The normalized spacial score (nSPS) is 14.9. The maximum atomic E-state index is 4.72. The summed E-state index contributed by atoms with van der Waals surface area (Å²) < 4.78 is 0. The largest absolute Gasteiger partial charge is 0.329 e. The smallest absolute Gasteiger partial charge is 0.110 e. The van der Waals surface area contributed by atoms with Gasteiger partial charge in [-0.3, -0.25) is 9.88 Å². The van der Waals surface area contributed by atoms with Crippen molar-refractivity contribution in [3.05, 3.63) is 60.7 Å². The lowest BCUT2D eigenvalue weighted by molar-refractivity contribution is 0.458. The predicted molar refractivity (Wildman–Crippen MR) is 103 cm³/mol. The van der Waals surface area contributed by atoms with Gasteiger partial charge in [-0.05, 0) is 36.6 Å². The molecule has 2 aromatic rings. The fourth-order valence-electron chi connectivity index (χ4n) is 3.48. The Morgan fingerprint density at radius 3 is 2.46 bits per heavy atom. The topological polar surface area (TPSA) is 19.4 Å². The van der Waals surface area contributed by atoms with Crippen molar-refractivity contribution in [3.63, 3.8) is 0 Å². The van der Waals surface area contributed by atoms with Gasteiger partial charge in [0.25, 0.3) is 0 Å². The Balaban J connectivity index is 1.82. The van der Waals surface area contributed by atoms with E-state index in [9.17, 15) is 0 Å². The first-order valence-electron chi connectivity index (χ1n) is 8.92. The van der Waals surface area contributed by atoms with Gasteiger partial charge in [0.1, 0.15) is 5.82 Å². The Hall–Kier alpha value is -2.29. The maximum absolute atomic E-state index is 4.72. The van der Waals surface area contributed by atoms with Crippen LogP contribution in [0.3, 0.4) is 0 Å². The van der Waals surface area contributed by atoms with Crippen LogP contribution in [0.4, 0.5) is 17.1 Å². The molecule has 1 atom stereocenters. The Morgan fingerprint density at radius 1 is 1.08 bits per heavy atom. The lowest BCUT2D eigenvalue weighted by Crippen LogP contribution is -2.20. The molecule has 3 rings (SSSR count). The molecule has 1 aliphatic heterocycles. The molecule has 3 nitrogen and oxygen atoms in total. The number of aromatic nitrogens is 1. The second-order valence-electron chi connectivity index (χ2n) is 6.57. The molecule has 1 unspecified atom stereocenters. The van der Waals surface area contributed by atoms with E-state index in [-0.39, 0.29) is 0 Å². The van der Waals surface area contributed by atoms with E-state index in [1.807, 2.05) is 6.20 Å². The van der Waals surface area contributed by atoms with Gasteiger partial charge in [-0.2, -0.15) is 0 Å². The van der Waals surface area contributed by atoms with Crippen LogP contribution in [-0.4, -0.2) is 12.0 Å². The van der Waals surface area contributed by atoms with Crippen LogP contribution in [0.15, 0.2) is 55.0 Å². The number of anilines is 3. The highest BCUT2D eigenvalue weighted by molar-refractivity contribution is 5.87. The summed E-state index contributed by atoms with van der Waals surface area (Å²) in [4.78, 5) is 9.02. The highest BCUT2D eigenvalue weighted by Gasteiger charge is 2.28. The molecular weight excluding hydrogens is 294 g/mol. The quantitative estimate of drug-likeness (QED) is 0.699. The third kappa shape index (κ3) is 3.03. The van der Waals surface area contributed by atoms with E-state index in [4.69, 9.17) is 4.98 Å². The van der Waals surface area contributed by atoms with Crippen molar-refractivity contribution < 1.29 is 0 Å².